The topological polar surface area (TPSA) is 12.0 Å². The van der Waals surface area contributed by atoms with E-state index < -0.39 is 5.82 Å². The fourth-order valence-electron chi connectivity index (χ4n) is 2.44. The van der Waals surface area contributed by atoms with E-state index in [-0.39, 0.29) is 5.02 Å². The predicted molar refractivity (Wildman–Crippen MR) is 80.3 cm³/mol. The average Bonchev–Trinajstić information content (AvgIpc) is 2.41. The van der Waals surface area contributed by atoms with Crippen molar-refractivity contribution < 1.29 is 4.39 Å². The molecule has 1 aliphatic rings. The number of piperidine rings is 1. The molecule has 1 N–H and O–H groups in total. The van der Waals surface area contributed by atoms with E-state index in [0.29, 0.717) is 16.6 Å². The number of nitrogens with one attached hydrogen (secondary N) is 1. The molecule has 0 aliphatic carbocycles. The molecule has 0 aromatic heterocycles. The normalized spacial score (nSPS) is 24.0. The monoisotopic (exact) mass is 301 g/mol. The van der Waals surface area contributed by atoms with Gasteiger partial charge >= 0.3 is 0 Å². The van der Waals surface area contributed by atoms with Gasteiger partial charge in [-0.3, -0.25) is 0 Å². The zero-order valence-corrected chi connectivity index (χ0v) is 12.4. The molecule has 1 aromatic rings. The van der Waals surface area contributed by atoms with Crippen LogP contribution in [0.15, 0.2) is 18.2 Å². The maximum absolute atomic E-state index is 13.4. The summed E-state index contributed by atoms with van der Waals surface area (Å²) in [5, 5.41) is 3.99. The van der Waals surface area contributed by atoms with Gasteiger partial charge < -0.3 is 5.32 Å². The highest BCUT2D eigenvalue weighted by molar-refractivity contribution is 6.35. The van der Waals surface area contributed by atoms with Gasteiger partial charge in [-0.25, -0.2) is 4.39 Å². The van der Waals surface area contributed by atoms with Crippen molar-refractivity contribution in [3.8, 4) is 0 Å². The first-order valence-corrected chi connectivity index (χ1v) is 7.42. The van der Waals surface area contributed by atoms with Crippen LogP contribution in [-0.4, -0.2) is 12.6 Å². The first kappa shape index (κ1) is 14.8. The lowest BCUT2D eigenvalue weighted by molar-refractivity contribution is 0.326. The van der Waals surface area contributed by atoms with Gasteiger partial charge in [0.05, 0.1) is 5.02 Å². The van der Waals surface area contributed by atoms with Crippen molar-refractivity contribution in [1.29, 1.82) is 0 Å². The molecule has 0 radical (unpaired) electrons. The van der Waals surface area contributed by atoms with Crippen LogP contribution < -0.4 is 5.32 Å². The van der Waals surface area contributed by atoms with Crippen LogP contribution in [0.1, 0.15) is 31.7 Å². The Morgan fingerprint density at radius 3 is 2.89 bits per heavy atom. The second-order valence-corrected chi connectivity index (χ2v) is 5.82. The van der Waals surface area contributed by atoms with Crippen LogP contribution in [0.25, 0.3) is 6.08 Å². The minimum absolute atomic E-state index is 0.0592. The first-order valence-electron chi connectivity index (χ1n) is 6.66. The summed E-state index contributed by atoms with van der Waals surface area (Å²) < 4.78 is 13.4. The van der Waals surface area contributed by atoms with Crippen LogP contribution in [0, 0.1) is 11.7 Å². The summed E-state index contributed by atoms with van der Waals surface area (Å²) in [4.78, 5) is 0. The molecule has 0 bridgehead atoms. The summed E-state index contributed by atoms with van der Waals surface area (Å²) in [7, 11) is 0. The molecule has 2 unspecified atom stereocenters. The molecular weight excluding hydrogens is 284 g/mol. The maximum Gasteiger partial charge on any atom is 0.142 e. The Bertz CT molecular complexity index is 473. The van der Waals surface area contributed by atoms with E-state index in [1.165, 1.54) is 25.0 Å². The van der Waals surface area contributed by atoms with Crippen molar-refractivity contribution in [2.24, 2.45) is 5.92 Å². The van der Waals surface area contributed by atoms with Gasteiger partial charge in [0, 0.05) is 11.1 Å². The quantitative estimate of drug-likeness (QED) is 0.781. The van der Waals surface area contributed by atoms with E-state index in [4.69, 9.17) is 23.2 Å². The van der Waals surface area contributed by atoms with E-state index in [9.17, 15) is 4.39 Å². The molecule has 2 atom stereocenters. The second-order valence-electron chi connectivity index (χ2n) is 5.01. The third kappa shape index (κ3) is 3.95. The zero-order valence-electron chi connectivity index (χ0n) is 10.9. The summed E-state index contributed by atoms with van der Waals surface area (Å²) >= 11 is 11.7. The van der Waals surface area contributed by atoms with Crippen LogP contribution in [0.3, 0.4) is 0 Å². The summed E-state index contributed by atoms with van der Waals surface area (Å²) in [5.41, 5.74) is 0.670. The van der Waals surface area contributed by atoms with Crippen molar-refractivity contribution in [3.63, 3.8) is 0 Å². The van der Waals surface area contributed by atoms with Crippen molar-refractivity contribution in [2.45, 2.75) is 32.2 Å². The molecule has 1 heterocycles. The Kier molecular flexibility index (Phi) is 5.26. The van der Waals surface area contributed by atoms with Crippen molar-refractivity contribution in [2.75, 3.05) is 6.54 Å². The maximum atomic E-state index is 13.4. The fourth-order valence-corrected chi connectivity index (χ4v) is 2.88. The molecule has 0 spiro atoms. The highest BCUT2D eigenvalue weighted by Crippen LogP contribution is 2.26. The SMILES string of the molecule is CCC1CCNC(/C=C/c2cc(F)c(Cl)cc2Cl)C1. The Morgan fingerprint density at radius 2 is 2.16 bits per heavy atom. The van der Waals surface area contributed by atoms with Gasteiger partial charge in [-0.2, -0.15) is 0 Å². The Hall–Kier alpha value is -0.570. The molecule has 2 rings (SSSR count). The number of halogens is 3. The van der Waals surface area contributed by atoms with Crippen molar-refractivity contribution >= 4 is 29.3 Å². The van der Waals surface area contributed by atoms with Crippen LogP contribution in [0.2, 0.25) is 10.0 Å². The molecule has 1 aromatic carbocycles. The number of rotatable bonds is 3. The lowest BCUT2D eigenvalue weighted by atomic mass is 9.90. The fraction of sp³-hybridized carbons (Fsp3) is 0.467. The second kappa shape index (κ2) is 6.74. The lowest BCUT2D eigenvalue weighted by Gasteiger charge is -2.27. The minimum atomic E-state index is -0.436. The highest BCUT2D eigenvalue weighted by Gasteiger charge is 2.17. The standard InChI is InChI=1S/C15H18Cl2FN/c1-2-10-5-6-19-12(7-10)4-3-11-8-15(18)14(17)9-13(11)16/h3-4,8-10,12,19H,2,5-7H2,1H3/b4-3+. The highest BCUT2D eigenvalue weighted by atomic mass is 35.5. The van der Waals surface area contributed by atoms with Crippen LogP contribution >= 0.6 is 23.2 Å². The lowest BCUT2D eigenvalue weighted by Crippen LogP contribution is -2.36. The molecule has 1 aliphatic heterocycles. The van der Waals surface area contributed by atoms with Crippen molar-refractivity contribution in [1.82, 2.24) is 5.32 Å². The van der Waals surface area contributed by atoms with Gasteiger partial charge in [0.2, 0.25) is 0 Å². The zero-order chi connectivity index (χ0) is 13.8. The van der Waals surface area contributed by atoms with Gasteiger partial charge in [0.1, 0.15) is 5.82 Å². The Morgan fingerprint density at radius 1 is 1.37 bits per heavy atom. The molecule has 104 valence electrons. The van der Waals surface area contributed by atoms with E-state index in [1.807, 2.05) is 6.08 Å². The summed E-state index contributed by atoms with van der Waals surface area (Å²) in [6.07, 6.45) is 7.51. The van der Waals surface area contributed by atoms with Gasteiger partial charge in [0.25, 0.3) is 0 Å². The predicted octanol–water partition coefficient (Wildman–Crippen LogP) is 4.92. The molecule has 1 nitrogen and oxygen atoms in total. The molecule has 0 saturated carbocycles. The Balaban J connectivity index is 2.08. The van der Waals surface area contributed by atoms with Crippen LogP contribution in [-0.2, 0) is 0 Å². The summed E-state index contributed by atoms with van der Waals surface area (Å²) in [6.45, 7) is 3.26. The smallest absolute Gasteiger partial charge is 0.142 e. The largest absolute Gasteiger partial charge is 0.310 e. The van der Waals surface area contributed by atoms with Crippen molar-refractivity contribution in [3.05, 3.63) is 39.6 Å². The number of hydrogen-bond acceptors (Lipinski definition) is 1. The van der Waals surface area contributed by atoms with E-state index >= 15 is 0 Å². The van der Waals surface area contributed by atoms with E-state index in [0.717, 1.165) is 18.9 Å². The van der Waals surface area contributed by atoms with Gasteiger partial charge in [-0.05, 0) is 43.0 Å². The molecule has 1 fully saturated rings. The van der Waals surface area contributed by atoms with E-state index in [2.05, 4.69) is 18.3 Å². The van der Waals surface area contributed by atoms with Gasteiger partial charge in [-0.1, -0.05) is 48.7 Å². The molecule has 1 saturated heterocycles. The summed E-state index contributed by atoms with van der Waals surface area (Å²) in [6, 6.07) is 3.16. The van der Waals surface area contributed by atoms with Gasteiger partial charge in [-0.15, -0.1) is 0 Å². The van der Waals surface area contributed by atoms with Crippen LogP contribution in [0.5, 0.6) is 0 Å². The molecular formula is C15H18Cl2FN. The third-order valence-corrected chi connectivity index (χ3v) is 4.29. The van der Waals surface area contributed by atoms with E-state index in [1.54, 1.807) is 0 Å². The molecule has 19 heavy (non-hydrogen) atoms. The first-order chi connectivity index (χ1) is 9.10. The third-order valence-electron chi connectivity index (χ3n) is 3.67. The molecule has 4 heteroatoms. The van der Waals surface area contributed by atoms with Gasteiger partial charge in [0.15, 0.2) is 0 Å². The van der Waals surface area contributed by atoms with Crippen LogP contribution in [0.4, 0.5) is 4.39 Å². The average molecular weight is 302 g/mol. The Labute approximate surface area is 123 Å². The molecule has 0 amide bonds. The number of hydrogen-bond donors (Lipinski definition) is 1. The number of benzene rings is 1. The minimum Gasteiger partial charge on any atom is -0.310 e. The summed E-state index contributed by atoms with van der Waals surface area (Å²) in [5.74, 6) is 0.335.